The van der Waals surface area contributed by atoms with Crippen molar-refractivity contribution in [3.63, 3.8) is 0 Å². The Morgan fingerprint density at radius 2 is 1.94 bits per heavy atom. The van der Waals surface area contributed by atoms with Crippen molar-refractivity contribution in [3.05, 3.63) is 54.2 Å². The number of anilines is 1. The number of primary amides is 1. The van der Waals surface area contributed by atoms with E-state index in [1.54, 1.807) is 6.20 Å². The molecule has 0 spiro atoms. The molecular weight excluding hydrogens is 416 g/mol. The number of benzene rings is 1. The second-order valence-electron chi connectivity index (χ2n) is 9.27. The fourth-order valence-electron chi connectivity index (χ4n) is 5.54. The maximum absolute atomic E-state index is 12.1. The Morgan fingerprint density at radius 1 is 1.15 bits per heavy atom. The number of aromatic nitrogens is 3. The molecule has 1 aliphatic heterocycles. The van der Waals surface area contributed by atoms with Crippen molar-refractivity contribution in [2.45, 2.75) is 19.0 Å². The van der Waals surface area contributed by atoms with Gasteiger partial charge < -0.3 is 20.8 Å². The van der Waals surface area contributed by atoms with Gasteiger partial charge in [0.15, 0.2) is 5.65 Å². The third-order valence-electron chi connectivity index (χ3n) is 7.24. The van der Waals surface area contributed by atoms with Gasteiger partial charge in [0.1, 0.15) is 11.3 Å². The molecule has 6 rings (SSSR count). The van der Waals surface area contributed by atoms with Crippen molar-refractivity contribution >= 4 is 22.8 Å². The first-order valence-corrected chi connectivity index (χ1v) is 11.6. The van der Waals surface area contributed by atoms with Gasteiger partial charge in [-0.05, 0) is 29.9 Å². The number of carbonyl (C=O) groups excluding carboxylic acids is 1. The van der Waals surface area contributed by atoms with E-state index >= 15 is 0 Å². The van der Waals surface area contributed by atoms with Crippen LogP contribution in [0.5, 0.6) is 0 Å². The molecule has 33 heavy (non-hydrogen) atoms. The molecule has 2 aliphatic carbocycles. The lowest BCUT2D eigenvalue weighted by Gasteiger charge is -2.27. The molecule has 1 saturated heterocycles. The standard InChI is InChI=1S/C25H28N6O2/c26-23(32)20-17-5-6-18(13-17)21(20)28-19-7-8-27-25-22(19)29-24(30-25)16-3-1-15(2-4-16)14-31-9-11-33-12-10-31/h1-8,17-18,20-21H,9-14H2,(H2,26,32)(H2,27,28,29,30)/t17?,18-,20-,21+/m0/s1. The zero-order valence-electron chi connectivity index (χ0n) is 18.4. The summed E-state index contributed by atoms with van der Waals surface area (Å²) in [6.07, 6.45) is 7.07. The molecule has 1 aromatic carbocycles. The quantitative estimate of drug-likeness (QED) is 0.504. The van der Waals surface area contributed by atoms with Crippen LogP contribution in [0.4, 0.5) is 5.69 Å². The van der Waals surface area contributed by atoms with Gasteiger partial charge >= 0.3 is 0 Å². The van der Waals surface area contributed by atoms with Gasteiger partial charge in [-0.25, -0.2) is 9.97 Å². The van der Waals surface area contributed by atoms with E-state index in [0.717, 1.165) is 61.9 Å². The van der Waals surface area contributed by atoms with Crippen LogP contribution in [-0.2, 0) is 16.1 Å². The highest BCUT2D eigenvalue weighted by atomic mass is 16.5. The average Bonchev–Trinajstić information content (AvgIpc) is 3.55. The third kappa shape index (κ3) is 3.79. The topological polar surface area (TPSA) is 109 Å². The molecule has 4 atom stereocenters. The Kier molecular flexibility index (Phi) is 5.11. The number of amides is 1. The maximum Gasteiger partial charge on any atom is 0.223 e. The van der Waals surface area contributed by atoms with Crippen LogP contribution in [0.2, 0.25) is 0 Å². The first kappa shape index (κ1) is 20.4. The summed E-state index contributed by atoms with van der Waals surface area (Å²) in [6.45, 7) is 4.49. The number of carbonyl (C=O) groups is 1. The number of ether oxygens (including phenoxy) is 1. The van der Waals surface area contributed by atoms with Crippen molar-refractivity contribution in [1.82, 2.24) is 19.9 Å². The second kappa shape index (κ2) is 8.28. The zero-order chi connectivity index (χ0) is 22.4. The van der Waals surface area contributed by atoms with E-state index in [0.29, 0.717) is 11.6 Å². The minimum atomic E-state index is -0.239. The molecule has 1 unspecified atom stereocenters. The van der Waals surface area contributed by atoms with Crippen LogP contribution in [-0.4, -0.2) is 58.1 Å². The van der Waals surface area contributed by atoms with Crippen LogP contribution in [0.25, 0.3) is 22.6 Å². The minimum absolute atomic E-state index is 0.00526. The molecule has 0 radical (unpaired) electrons. The Labute approximate surface area is 192 Å². The molecule has 2 fully saturated rings. The van der Waals surface area contributed by atoms with E-state index in [4.69, 9.17) is 15.5 Å². The summed E-state index contributed by atoms with van der Waals surface area (Å²) in [5.41, 5.74) is 10.4. The Bertz CT molecular complexity index is 1200. The Morgan fingerprint density at radius 3 is 2.73 bits per heavy atom. The van der Waals surface area contributed by atoms with E-state index in [1.165, 1.54) is 5.56 Å². The van der Waals surface area contributed by atoms with Gasteiger partial charge in [0.05, 0.1) is 24.8 Å². The molecule has 2 bridgehead atoms. The van der Waals surface area contributed by atoms with Gasteiger partial charge in [-0.2, -0.15) is 0 Å². The van der Waals surface area contributed by atoms with Crippen molar-refractivity contribution in [3.8, 4) is 11.4 Å². The lowest BCUT2D eigenvalue weighted by atomic mass is 9.88. The molecule has 3 heterocycles. The van der Waals surface area contributed by atoms with E-state index in [9.17, 15) is 4.79 Å². The number of hydrogen-bond acceptors (Lipinski definition) is 6. The van der Waals surface area contributed by atoms with Crippen LogP contribution in [0.1, 0.15) is 12.0 Å². The summed E-state index contributed by atoms with van der Waals surface area (Å²) in [4.78, 5) is 27.1. The number of nitrogens with zero attached hydrogens (tertiary/aromatic N) is 3. The van der Waals surface area contributed by atoms with E-state index in [2.05, 4.69) is 56.6 Å². The average molecular weight is 445 g/mol. The molecule has 3 aromatic rings. The van der Waals surface area contributed by atoms with Gasteiger partial charge in [0, 0.05) is 37.4 Å². The van der Waals surface area contributed by atoms with Crippen LogP contribution in [0.15, 0.2) is 48.7 Å². The highest BCUT2D eigenvalue weighted by Gasteiger charge is 2.47. The molecular formula is C25H28N6O2. The number of morpholine rings is 1. The number of nitrogens with one attached hydrogen (secondary N) is 2. The summed E-state index contributed by atoms with van der Waals surface area (Å²) in [5, 5.41) is 3.59. The predicted molar refractivity (Wildman–Crippen MR) is 126 cm³/mol. The Balaban J connectivity index is 1.24. The first-order chi connectivity index (χ1) is 16.2. The molecule has 170 valence electrons. The molecule has 1 amide bonds. The van der Waals surface area contributed by atoms with Crippen LogP contribution >= 0.6 is 0 Å². The van der Waals surface area contributed by atoms with Gasteiger partial charge in [0.2, 0.25) is 5.91 Å². The van der Waals surface area contributed by atoms with E-state index < -0.39 is 0 Å². The smallest absolute Gasteiger partial charge is 0.223 e. The molecule has 2 aromatic heterocycles. The third-order valence-corrected chi connectivity index (χ3v) is 7.24. The summed E-state index contributed by atoms with van der Waals surface area (Å²) in [5.74, 6) is 0.901. The van der Waals surface area contributed by atoms with Crippen molar-refractivity contribution in [2.75, 3.05) is 31.6 Å². The van der Waals surface area contributed by atoms with Crippen molar-refractivity contribution in [1.29, 1.82) is 0 Å². The van der Waals surface area contributed by atoms with Crippen molar-refractivity contribution < 1.29 is 9.53 Å². The van der Waals surface area contributed by atoms with Gasteiger partial charge in [-0.1, -0.05) is 36.4 Å². The summed E-state index contributed by atoms with van der Waals surface area (Å²) >= 11 is 0. The maximum atomic E-state index is 12.1. The molecule has 1 saturated carbocycles. The number of allylic oxidation sites excluding steroid dienone is 1. The molecule has 8 nitrogen and oxygen atoms in total. The zero-order valence-corrected chi connectivity index (χ0v) is 18.4. The Hall–Kier alpha value is -3.23. The number of rotatable bonds is 6. The van der Waals surface area contributed by atoms with Crippen LogP contribution in [0, 0.1) is 17.8 Å². The molecule has 8 heteroatoms. The lowest BCUT2D eigenvalue weighted by Crippen LogP contribution is -2.41. The number of fused-ring (bicyclic) bond motifs is 3. The van der Waals surface area contributed by atoms with Crippen LogP contribution in [0.3, 0.4) is 0 Å². The number of hydrogen-bond donors (Lipinski definition) is 3. The summed E-state index contributed by atoms with van der Waals surface area (Å²) in [7, 11) is 0. The van der Waals surface area contributed by atoms with E-state index in [-0.39, 0.29) is 23.8 Å². The number of aromatic amines is 1. The van der Waals surface area contributed by atoms with Gasteiger partial charge in [-0.3, -0.25) is 9.69 Å². The summed E-state index contributed by atoms with van der Waals surface area (Å²) < 4.78 is 5.44. The minimum Gasteiger partial charge on any atom is -0.379 e. The second-order valence-corrected chi connectivity index (χ2v) is 9.27. The fourth-order valence-corrected chi connectivity index (χ4v) is 5.54. The molecule has 3 aliphatic rings. The predicted octanol–water partition coefficient (Wildman–Crippen LogP) is 2.54. The number of imidazole rings is 1. The monoisotopic (exact) mass is 444 g/mol. The normalized spacial score (nSPS) is 26.8. The van der Waals surface area contributed by atoms with Gasteiger partial charge in [-0.15, -0.1) is 0 Å². The largest absolute Gasteiger partial charge is 0.379 e. The van der Waals surface area contributed by atoms with Gasteiger partial charge in [0.25, 0.3) is 0 Å². The van der Waals surface area contributed by atoms with E-state index in [1.807, 2.05) is 6.07 Å². The first-order valence-electron chi connectivity index (χ1n) is 11.6. The molecule has 4 N–H and O–H groups in total. The summed E-state index contributed by atoms with van der Waals surface area (Å²) in [6, 6.07) is 10.4. The highest BCUT2D eigenvalue weighted by Crippen LogP contribution is 2.45. The number of nitrogens with two attached hydrogens (primary N) is 1. The number of pyridine rings is 1. The van der Waals surface area contributed by atoms with Crippen LogP contribution < -0.4 is 11.1 Å². The van der Waals surface area contributed by atoms with Crippen molar-refractivity contribution in [2.24, 2.45) is 23.5 Å². The fraction of sp³-hybridized carbons (Fsp3) is 0.400. The lowest BCUT2D eigenvalue weighted by molar-refractivity contribution is -0.122. The highest BCUT2D eigenvalue weighted by molar-refractivity contribution is 5.88. The SMILES string of the molecule is NC(=O)[C@H]1C2C=C[C@@H](C2)[C@H]1Nc1ccnc2nc(-c3ccc(CN4CCOCC4)cc3)[nH]c12. The number of H-pyrrole nitrogens is 1.